The van der Waals surface area contributed by atoms with Crippen LogP contribution in [0.15, 0.2) is 36.5 Å². The molecule has 5 rings (SSSR count). The van der Waals surface area contributed by atoms with Crippen LogP contribution in [0.25, 0.3) is 22.1 Å². The Morgan fingerprint density at radius 3 is 2.84 bits per heavy atom. The molecule has 0 radical (unpaired) electrons. The first-order valence-electron chi connectivity index (χ1n) is 11.6. The molecule has 0 atom stereocenters. The van der Waals surface area contributed by atoms with Crippen molar-refractivity contribution in [2.45, 2.75) is 39.7 Å². The van der Waals surface area contributed by atoms with E-state index >= 15 is 0 Å². The Bertz CT molecular complexity index is 1260. The number of benzene rings is 1. The number of aromatic nitrogens is 4. The molecule has 3 aromatic heterocycles. The van der Waals surface area contributed by atoms with Crippen molar-refractivity contribution in [1.29, 1.82) is 0 Å². The van der Waals surface area contributed by atoms with E-state index in [4.69, 9.17) is 4.98 Å². The zero-order valence-corrected chi connectivity index (χ0v) is 18.8. The highest BCUT2D eigenvalue weighted by Crippen LogP contribution is 2.22. The van der Waals surface area contributed by atoms with E-state index in [1.54, 1.807) is 0 Å². The minimum absolute atomic E-state index is 0.0458. The second kappa shape index (κ2) is 8.74. The molecular weight excluding hydrogens is 400 g/mol. The minimum Gasteiger partial charge on any atom is -0.351 e. The van der Waals surface area contributed by atoms with Gasteiger partial charge in [0.1, 0.15) is 17.0 Å². The SMILES string of the molecule is CCc1nc2c(C)ccnc2n1Cc1ccc2[nH]c(C(=O)NCCN3CCCC3)cc2c1. The fourth-order valence-electron chi connectivity index (χ4n) is 4.63. The maximum Gasteiger partial charge on any atom is 0.267 e. The molecule has 0 bridgehead atoms. The second-order valence-electron chi connectivity index (χ2n) is 8.68. The molecule has 0 unspecified atom stereocenters. The van der Waals surface area contributed by atoms with Gasteiger partial charge in [0.25, 0.3) is 5.91 Å². The molecule has 0 aliphatic carbocycles. The molecule has 4 heterocycles. The van der Waals surface area contributed by atoms with Crippen LogP contribution in [-0.2, 0) is 13.0 Å². The van der Waals surface area contributed by atoms with E-state index in [2.05, 4.69) is 56.8 Å². The van der Waals surface area contributed by atoms with Crippen molar-refractivity contribution in [3.8, 4) is 0 Å². The van der Waals surface area contributed by atoms with Gasteiger partial charge in [-0.25, -0.2) is 9.97 Å². The normalized spacial score (nSPS) is 14.6. The van der Waals surface area contributed by atoms with Crippen LogP contribution in [0.1, 0.15) is 47.2 Å². The molecule has 1 aliphatic heterocycles. The van der Waals surface area contributed by atoms with E-state index in [1.807, 2.05) is 18.3 Å². The van der Waals surface area contributed by atoms with Crippen LogP contribution in [0, 0.1) is 6.92 Å². The predicted octanol–water partition coefficient (Wildman–Crippen LogP) is 3.66. The molecule has 1 fully saturated rings. The Hall–Kier alpha value is -3.19. The Balaban J connectivity index is 1.34. The summed E-state index contributed by atoms with van der Waals surface area (Å²) in [5.41, 5.74) is 5.78. The molecular formula is C25H30N6O. The lowest BCUT2D eigenvalue weighted by atomic mass is 10.1. The van der Waals surface area contributed by atoms with E-state index in [1.165, 1.54) is 12.8 Å². The quantitative estimate of drug-likeness (QED) is 0.469. The Labute approximate surface area is 187 Å². The number of imidazole rings is 1. The summed E-state index contributed by atoms with van der Waals surface area (Å²) in [4.78, 5) is 27.7. The molecule has 1 aromatic carbocycles. The summed E-state index contributed by atoms with van der Waals surface area (Å²) in [5, 5.41) is 4.09. The molecule has 7 nitrogen and oxygen atoms in total. The van der Waals surface area contributed by atoms with Crippen LogP contribution in [0.4, 0.5) is 0 Å². The van der Waals surface area contributed by atoms with Gasteiger partial charge < -0.3 is 19.8 Å². The van der Waals surface area contributed by atoms with Gasteiger partial charge >= 0.3 is 0 Å². The number of nitrogens with one attached hydrogen (secondary N) is 2. The third-order valence-electron chi connectivity index (χ3n) is 6.41. The van der Waals surface area contributed by atoms with Crippen molar-refractivity contribution >= 4 is 28.0 Å². The summed E-state index contributed by atoms with van der Waals surface area (Å²) in [5.74, 6) is 0.990. The first-order chi connectivity index (χ1) is 15.6. The number of hydrogen-bond acceptors (Lipinski definition) is 4. The van der Waals surface area contributed by atoms with Gasteiger partial charge in [-0.2, -0.15) is 0 Å². The van der Waals surface area contributed by atoms with E-state index in [0.717, 1.165) is 65.1 Å². The maximum absolute atomic E-state index is 12.6. The lowest BCUT2D eigenvalue weighted by Gasteiger charge is -2.14. The van der Waals surface area contributed by atoms with Crippen LogP contribution in [-0.4, -0.2) is 56.5 Å². The smallest absolute Gasteiger partial charge is 0.267 e. The van der Waals surface area contributed by atoms with Crippen molar-refractivity contribution in [3.05, 3.63) is 59.2 Å². The number of hydrogen-bond donors (Lipinski definition) is 2. The second-order valence-corrected chi connectivity index (χ2v) is 8.68. The van der Waals surface area contributed by atoms with Gasteiger partial charge in [0.2, 0.25) is 0 Å². The number of aromatic amines is 1. The third kappa shape index (κ3) is 4.00. The molecule has 4 aromatic rings. The van der Waals surface area contributed by atoms with Gasteiger partial charge in [-0.3, -0.25) is 4.79 Å². The lowest BCUT2D eigenvalue weighted by Crippen LogP contribution is -2.33. The molecule has 0 spiro atoms. The number of likely N-dealkylation sites (tertiary alicyclic amines) is 1. The van der Waals surface area contributed by atoms with Crippen molar-refractivity contribution < 1.29 is 4.79 Å². The van der Waals surface area contributed by atoms with Crippen LogP contribution in [0.3, 0.4) is 0 Å². The standard InChI is InChI=1S/C25H30N6O/c1-3-22-29-23-17(2)8-9-26-24(23)31(22)16-18-6-7-20-19(14-18)15-21(28-20)25(32)27-10-13-30-11-4-5-12-30/h6-9,14-15,28H,3-5,10-13,16H2,1-2H3,(H,27,32). The van der Waals surface area contributed by atoms with E-state index in [9.17, 15) is 4.79 Å². The average molecular weight is 431 g/mol. The summed E-state index contributed by atoms with van der Waals surface area (Å²) >= 11 is 0. The first kappa shape index (κ1) is 20.7. The zero-order chi connectivity index (χ0) is 22.1. The largest absolute Gasteiger partial charge is 0.351 e. The molecule has 1 saturated heterocycles. The minimum atomic E-state index is -0.0458. The van der Waals surface area contributed by atoms with Crippen LogP contribution in [0.5, 0.6) is 0 Å². The maximum atomic E-state index is 12.6. The Morgan fingerprint density at radius 1 is 1.19 bits per heavy atom. The number of aryl methyl sites for hydroxylation is 2. The highest BCUT2D eigenvalue weighted by Gasteiger charge is 2.15. The van der Waals surface area contributed by atoms with Crippen LogP contribution < -0.4 is 5.32 Å². The molecule has 166 valence electrons. The summed E-state index contributed by atoms with van der Waals surface area (Å²) in [7, 11) is 0. The number of pyridine rings is 1. The molecule has 1 amide bonds. The van der Waals surface area contributed by atoms with E-state index in [-0.39, 0.29) is 5.91 Å². The number of rotatable bonds is 7. The topological polar surface area (TPSA) is 78.8 Å². The van der Waals surface area contributed by atoms with Crippen molar-refractivity contribution in [2.75, 3.05) is 26.2 Å². The summed E-state index contributed by atoms with van der Waals surface area (Å²) < 4.78 is 2.20. The number of nitrogens with zero attached hydrogens (tertiary/aromatic N) is 4. The van der Waals surface area contributed by atoms with Crippen molar-refractivity contribution in [3.63, 3.8) is 0 Å². The number of carbonyl (C=O) groups excluding carboxylic acids is 1. The van der Waals surface area contributed by atoms with E-state index < -0.39 is 0 Å². The number of fused-ring (bicyclic) bond motifs is 2. The summed E-state index contributed by atoms with van der Waals surface area (Å²) in [6, 6.07) is 10.2. The lowest BCUT2D eigenvalue weighted by molar-refractivity contribution is 0.0945. The fraction of sp³-hybridized carbons (Fsp3) is 0.400. The monoisotopic (exact) mass is 430 g/mol. The van der Waals surface area contributed by atoms with Gasteiger partial charge in [-0.15, -0.1) is 0 Å². The molecule has 1 aliphatic rings. The Kier molecular flexibility index (Phi) is 5.66. The van der Waals surface area contributed by atoms with Gasteiger partial charge in [-0.05, 0) is 68.2 Å². The molecule has 7 heteroatoms. The highest BCUT2D eigenvalue weighted by molar-refractivity contribution is 5.98. The van der Waals surface area contributed by atoms with Crippen molar-refractivity contribution in [2.24, 2.45) is 0 Å². The van der Waals surface area contributed by atoms with Crippen LogP contribution in [0.2, 0.25) is 0 Å². The van der Waals surface area contributed by atoms with Gasteiger partial charge in [0.15, 0.2) is 5.65 Å². The van der Waals surface area contributed by atoms with Crippen LogP contribution >= 0.6 is 0 Å². The van der Waals surface area contributed by atoms with Gasteiger partial charge in [0.05, 0.1) is 6.54 Å². The van der Waals surface area contributed by atoms with Gasteiger partial charge in [-0.1, -0.05) is 13.0 Å². The summed E-state index contributed by atoms with van der Waals surface area (Å²) in [6.07, 6.45) is 5.23. The first-order valence-corrected chi connectivity index (χ1v) is 11.6. The molecule has 32 heavy (non-hydrogen) atoms. The van der Waals surface area contributed by atoms with Crippen molar-refractivity contribution in [1.82, 2.24) is 29.7 Å². The average Bonchev–Trinajstić information content (AvgIpc) is 3.53. The number of amides is 1. The predicted molar refractivity (Wildman–Crippen MR) is 127 cm³/mol. The number of carbonyl (C=O) groups is 1. The number of H-pyrrole nitrogens is 1. The van der Waals surface area contributed by atoms with Gasteiger partial charge in [0, 0.05) is 36.6 Å². The highest BCUT2D eigenvalue weighted by atomic mass is 16.1. The molecule has 2 N–H and O–H groups in total. The van der Waals surface area contributed by atoms with E-state index in [0.29, 0.717) is 18.8 Å². The third-order valence-corrected chi connectivity index (χ3v) is 6.41. The zero-order valence-electron chi connectivity index (χ0n) is 18.8. The Morgan fingerprint density at radius 2 is 2.03 bits per heavy atom. The molecule has 0 saturated carbocycles. The summed E-state index contributed by atoms with van der Waals surface area (Å²) in [6.45, 7) is 8.79. The fourth-order valence-corrected chi connectivity index (χ4v) is 4.63.